The van der Waals surface area contributed by atoms with Gasteiger partial charge in [0.05, 0.1) is 0 Å². The van der Waals surface area contributed by atoms with Crippen molar-refractivity contribution in [3.8, 4) is 55.6 Å². The lowest BCUT2D eigenvalue weighted by Crippen LogP contribution is -2.15. The highest BCUT2D eigenvalue weighted by molar-refractivity contribution is 6.22. The van der Waals surface area contributed by atoms with Crippen LogP contribution in [0.15, 0.2) is 199 Å². The third-order valence-corrected chi connectivity index (χ3v) is 12.8. The second-order valence-corrected chi connectivity index (χ2v) is 16.4. The van der Waals surface area contributed by atoms with Gasteiger partial charge in [0.1, 0.15) is 11.2 Å². The van der Waals surface area contributed by atoms with Crippen molar-refractivity contribution in [1.82, 2.24) is 0 Å². The summed E-state index contributed by atoms with van der Waals surface area (Å²) in [5, 5.41) is 9.91. The molecule has 58 heavy (non-hydrogen) atoms. The smallest absolute Gasteiger partial charge is 0.143 e. The second kappa shape index (κ2) is 12.4. The van der Waals surface area contributed by atoms with E-state index in [0.29, 0.717) is 0 Å². The third-order valence-electron chi connectivity index (χ3n) is 12.8. The zero-order chi connectivity index (χ0) is 38.5. The first kappa shape index (κ1) is 33.0. The maximum Gasteiger partial charge on any atom is 0.143 e. The maximum atomic E-state index is 6.49. The van der Waals surface area contributed by atoms with Gasteiger partial charge >= 0.3 is 0 Å². The predicted octanol–water partition coefficient (Wildman–Crippen LogP) is 16.0. The Morgan fingerprint density at radius 3 is 1.59 bits per heavy atom. The number of fused-ring (bicyclic) bond motifs is 10. The Hall–Kier alpha value is -7.22. The van der Waals surface area contributed by atoms with E-state index in [4.69, 9.17) is 4.42 Å². The van der Waals surface area contributed by atoms with Crippen LogP contribution in [0.25, 0.3) is 110 Å². The first-order valence-corrected chi connectivity index (χ1v) is 20.3. The zero-order valence-electron chi connectivity index (χ0n) is 32.4. The van der Waals surface area contributed by atoms with Gasteiger partial charge in [-0.25, -0.2) is 0 Å². The highest BCUT2D eigenvalue weighted by Gasteiger charge is 2.37. The standard InChI is InChI=1S/C57H38O/c1-57(2)51-31-29-37(34-50(51)48-30-28-35-14-3-4-19-41(35)55(48)57)36-15-11-17-39(32-36)53-44-21-5-7-23-46(44)54(47-24-8-6-22-45(47)53)40-18-12-16-38(33-40)42-25-13-26-49-43-20-9-10-27-52(43)58-56(42)49/h3-34H,1-2H3. The van der Waals surface area contributed by atoms with Gasteiger partial charge < -0.3 is 4.42 Å². The maximum absolute atomic E-state index is 6.49. The van der Waals surface area contributed by atoms with E-state index >= 15 is 0 Å². The molecular formula is C57H38O. The van der Waals surface area contributed by atoms with Crippen LogP contribution < -0.4 is 0 Å². The Kier molecular flexibility index (Phi) is 7.04. The van der Waals surface area contributed by atoms with Crippen LogP contribution in [0.2, 0.25) is 0 Å². The Labute approximate surface area is 337 Å². The first-order valence-electron chi connectivity index (χ1n) is 20.3. The number of benzene rings is 10. The minimum atomic E-state index is -0.0776. The summed E-state index contributed by atoms with van der Waals surface area (Å²) in [4.78, 5) is 0. The number of furan rings is 1. The van der Waals surface area contributed by atoms with Crippen molar-refractivity contribution in [2.45, 2.75) is 19.3 Å². The molecule has 0 fully saturated rings. The molecule has 0 radical (unpaired) electrons. The highest BCUT2D eigenvalue weighted by Crippen LogP contribution is 2.52. The summed E-state index contributed by atoms with van der Waals surface area (Å²) in [6.07, 6.45) is 0. The second-order valence-electron chi connectivity index (χ2n) is 16.4. The topological polar surface area (TPSA) is 13.1 Å². The van der Waals surface area contributed by atoms with Crippen LogP contribution in [-0.2, 0) is 5.41 Å². The number of hydrogen-bond acceptors (Lipinski definition) is 1. The van der Waals surface area contributed by atoms with Crippen LogP contribution in [0.1, 0.15) is 25.0 Å². The molecule has 0 spiro atoms. The van der Waals surface area contributed by atoms with Crippen LogP contribution in [0.3, 0.4) is 0 Å². The molecule has 10 aromatic carbocycles. The van der Waals surface area contributed by atoms with Crippen molar-refractivity contribution in [1.29, 1.82) is 0 Å². The highest BCUT2D eigenvalue weighted by atomic mass is 16.3. The number of hydrogen-bond donors (Lipinski definition) is 0. The molecule has 0 aliphatic heterocycles. The lowest BCUT2D eigenvalue weighted by molar-refractivity contribution is 0.666. The van der Waals surface area contributed by atoms with E-state index in [1.807, 2.05) is 6.07 Å². The summed E-state index contributed by atoms with van der Waals surface area (Å²) in [6.45, 7) is 4.75. The fourth-order valence-corrected chi connectivity index (χ4v) is 10.2. The van der Waals surface area contributed by atoms with E-state index < -0.39 is 0 Å². The minimum absolute atomic E-state index is 0.0776. The van der Waals surface area contributed by atoms with Crippen LogP contribution in [0, 0.1) is 0 Å². The molecule has 11 aromatic rings. The molecule has 0 atom stereocenters. The van der Waals surface area contributed by atoms with Gasteiger partial charge in [-0.15, -0.1) is 0 Å². The van der Waals surface area contributed by atoms with E-state index in [0.717, 1.165) is 33.1 Å². The van der Waals surface area contributed by atoms with Crippen LogP contribution in [0.5, 0.6) is 0 Å². The Morgan fingerprint density at radius 2 is 0.879 bits per heavy atom. The molecule has 1 aliphatic carbocycles. The van der Waals surface area contributed by atoms with Crippen molar-refractivity contribution in [2.24, 2.45) is 0 Å². The molecule has 0 saturated heterocycles. The quantitative estimate of drug-likeness (QED) is 0.164. The average molecular weight is 739 g/mol. The molecule has 0 bridgehead atoms. The van der Waals surface area contributed by atoms with Gasteiger partial charge in [-0.1, -0.05) is 184 Å². The number of rotatable bonds is 4. The van der Waals surface area contributed by atoms with E-state index in [1.165, 1.54) is 88.0 Å². The summed E-state index contributed by atoms with van der Waals surface area (Å²) >= 11 is 0. The molecule has 0 saturated carbocycles. The zero-order valence-corrected chi connectivity index (χ0v) is 32.4. The molecule has 0 unspecified atom stereocenters. The fourth-order valence-electron chi connectivity index (χ4n) is 10.2. The van der Waals surface area contributed by atoms with Gasteiger partial charge in [-0.3, -0.25) is 0 Å². The molecule has 272 valence electrons. The summed E-state index contributed by atoms with van der Waals surface area (Å²) in [6, 6.07) is 71.4. The SMILES string of the molecule is CC1(C)c2ccc(-c3cccc(-c4c5ccccc5c(-c5cccc(-c6cccc7c6oc6ccccc67)c5)c5ccccc45)c3)cc2-c2ccc3ccccc3c21. The van der Waals surface area contributed by atoms with Crippen LogP contribution in [-0.4, -0.2) is 0 Å². The van der Waals surface area contributed by atoms with Gasteiger partial charge in [-0.05, 0) is 118 Å². The van der Waals surface area contributed by atoms with Crippen molar-refractivity contribution in [3.05, 3.63) is 205 Å². The van der Waals surface area contributed by atoms with E-state index in [-0.39, 0.29) is 5.41 Å². The molecule has 12 rings (SSSR count). The van der Waals surface area contributed by atoms with Gasteiger partial charge in [0, 0.05) is 21.8 Å². The summed E-state index contributed by atoms with van der Waals surface area (Å²) in [7, 11) is 0. The van der Waals surface area contributed by atoms with Gasteiger partial charge in [-0.2, -0.15) is 0 Å². The molecule has 1 aliphatic rings. The molecule has 0 amide bonds. The van der Waals surface area contributed by atoms with Crippen molar-refractivity contribution in [3.63, 3.8) is 0 Å². The Morgan fingerprint density at radius 1 is 0.345 bits per heavy atom. The molecule has 1 nitrogen and oxygen atoms in total. The van der Waals surface area contributed by atoms with E-state index in [9.17, 15) is 0 Å². The lowest BCUT2D eigenvalue weighted by Gasteiger charge is -2.23. The normalized spacial score (nSPS) is 13.1. The largest absolute Gasteiger partial charge is 0.455 e. The predicted molar refractivity (Wildman–Crippen MR) is 246 cm³/mol. The van der Waals surface area contributed by atoms with Gasteiger partial charge in [0.2, 0.25) is 0 Å². The van der Waals surface area contributed by atoms with E-state index in [1.54, 1.807) is 0 Å². The molecule has 1 aromatic heterocycles. The first-order chi connectivity index (χ1) is 28.5. The van der Waals surface area contributed by atoms with Crippen molar-refractivity contribution >= 4 is 54.3 Å². The Bertz CT molecular complexity index is 3430. The summed E-state index contributed by atoms with van der Waals surface area (Å²) in [5.41, 5.74) is 16.9. The summed E-state index contributed by atoms with van der Waals surface area (Å²) < 4.78 is 6.49. The fraction of sp³-hybridized carbons (Fsp3) is 0.0526. The Balaban J connectivity index is 1.01. The molecule has 0 N–H and O–H groups in total. The molecular weight excluding hydrogens is 701 g/mol. The summed E-state index contributed by atoms with van der Waals surface area (Å²) in [5.74, 6) is 0. The average Bonchev–Trinajstić information content (AvgIpc) is 3.77. The lowest BCUT2D eigenvalue weighted by atomic mass is 9.80. The minimum Gasteiger partial charge on any atom is -0.455 e. The van der Waals surface area contributed by atoms with Crippen molar-refractivity contribution < 1.29 is 4.42 Å². The monoisotopic (exact) mass is 738 g/mol. The molecule has 1 heteroatoms. The number of para-hydroxylation sites is 2. The van der Waals surface area contributed by atoms with Crippen molar-refractivity contribution in [2.75, 3.05) is 0 Å². The van der Waals surface area contributed by atoms with Crippen LogP contribution in [0.4, 0.5) is 0 Å². The van der Waals surface area contributed by atoms with Gasteiger partial charge in [0.15, 0.2) is 0 Å². The van der Waals surface area contributed by atoms with E-state index in [2.05, 4.69) is 202 Å². The molecule has 1 heterocycles. The van der Waals surface area contributed by atoms with Gasteiger partial charge in [0.25, 0.3) is 0 Å². The van der Waals surface area contributed by atoms with Crippen LogP contribution >= 0.6 is 0 Å². The third kappa shape index (κ3) is 4.77.